The van der Waals surface area contributed by atoms with Gasteiger partial charge in [0, 0.05) is 18.5 Å². The highest BCUT2D eigenvalue weighted by molar-refractivity contribution is 4.97. The van der Waals surface area contributed by atoms with E-state index in [0.717, 1.165) is 12.5 Å². The van der Waals surface area contributed by atoms with Crippen molar-refractivity contribution in [2.45, 2.75) is 33.6 Å². The zero-order valence-electron chi connectivity index (χ0n) is 10.2. The molecule has 0 bridgehead atoms. The van der Waals surface area contributed by atoms with E-state index in [4.69, 9.17) is 10.2 Å². The highest BCUT2D eigenvalue weighted by Gasteiger charge is 2.44. The van der Waals surface area contributed by atoms with E-state index in [1.54, 1.807) is 0 Å². The van der Waals surface area contributed by atoms with Crippen molar-refractivity contribution in [1.82, 2.24) is 5.32 Å². The topological polar surface area (TPSA) is 52.5 Å². The van der Waals surface area contributed by atoms with Crippen molar-refractivity contribution >= 4 is 0 Å². The maximum Gasteiger partial charge on any atom is 0.0518 e. The maximum absolute atomic E-state index is 9.14. The van der Waals surface area contributed by atoms with Gasteiger partial charge in [0.05, 0.1) is 13.2 Å². The number of aliphatic hydroxyl groups excluding tert-OH is 2. The summed E-state index contributed by atoms with van der Waals surface area (Å²) >= 11 is 0. The van der Waals surface area contributed by atoms with Gasteiger partial charge in [0.15, 0.2) is 0 Å². The molecule has 0 amide bonds. The van der Waals surface area contributed by atoms with Crippen molar-refractivity contribution in [2.75, 3.05) is 26.3 Å². The van der Waals surface area contributed by atoms with Gasteiger partial charge in [0.1, 0.15) is 0 Å². The summed E-state index contributed by atoms with van der Waals surface area (Å²) in [5.41, 5.74) is 0.110. The molecule has 0 aromatic heterocycles. The predicted octanol–water partition coefficient (Wildman–Crippen LogP) is 1.00. The molecule has 0 atom stereocenters. The van der Waals surface area contributed by atoms with Crippen LogP contribution in [0.2, 0.25) is 0 Å². The minimum absolute atomic E-state index is 0.0329. The fourth-order valence-corrected chi connectivity index (χ4v) is 1.89. The van der Waals surface area contributed by atoms with Crippen LogP contribution in [0.3, 0.4) is 0 Å². The number of nitrogens with one attached hydrogen (secondary N) is 1. The second-order valence-corrected chi connectivity index (χ2v) is 5.75. The van der Waals surface area contributed by atoms with Crippen LogP contribution in [0.15, 0.2) is 0 Å². The molecule has 15 heavy (non-hydrogen) atoms. The first kappa shape index (κ1) is 12.9. The number of aliphatic hydroxyl groups is 2. The van der Waals surface area contributed by atoms with Crippen LogP contribution in [-0.2, 0) is 0 Å². The highest BCUT2D eigenvalue weighted by atomic mass is 16.3. The molecule has 0 unspecified atom stereocenters. The fraction of sp³-hybridized carbons (Fsp3) is 1.00. The molecule has 0 radical (unpaired) electrons. The van der Waals surface area contributed by atoms with Gasteiger partial charge in [-0.3, -0.25) is 0 Å². The van der Waals surface area contributed by atoms with E-state index in [9.17, 15) is 0 Å². The quantitative estimate of drug-likeness (QED) is 0.594. The van der Waals surface area contributed by atoms with Crippen LogP contribution in [0.5, 0.6) is 0 Å². The number of rotatable bonds is 7. The summed E-state index contributed by atoms with van der Waals surface area (Å²) in [5.74, 6) is 0.722. The molecule has 0 heterocycles. The van der Waals surface area contributed by atoms with Crippen LogP contribution in [0, 0.1) is 16.7 Å². The van der Waals surface area contributed by atoms with Gasteiger partial charge in [-0.05, 0) is 24.2 Å². The fourth-order valence-electron chi connectivity index (χ4n) is 1.89. The molecule has 0 saturated heterocycles. The lowest BCUT2D eigenvalue weighted by Crippen LogP contribution is -2.40. The van der Waals surface area contributed by atoms with Gasteiger partial charge in [0.25, 0.3) is 0 Å². The third kappa shape index (κ3) is 3.16. The molecule has 3 nitrogen and oxygen atoms in total. The molecule has 1 rings (SSSR count). The third-order valence-corrected chi connectivity index (χ3v) is 3.91. The van der Waals surface area contributed by atoms with Gasteiger partial charge < -0.3 is 15.5 Å². The van der Waals surface area contributed by atoms with Crippen LogP contribution in [0.25, 0.3) is 0 Å². The third-order valence-electron chi connectivity index (χ3n) is 3.91. The second-order valence-electron chi connectivity index (χ2n) is 5.75. The zero-order chi connectivity index (χ0) is 11.5. The summed E-state index contributed by atoms with van der Waals surface area (Å²) in [4.78, 5) is 0. The summed E-state index contributed by atoms with van der Waals surface area (Å²) in [6.45, 7) is 8.21. The normalized spacial score (nSPS) is 19.6. The minimum atomic E-state index is -0.382. The van der Waals surface area contributed by atoms with Crippen molar-refractivity contribution < 1.29 is 10.2 Å². The average molecular weight is 215 g/mol. The van der Waals surface area contributed by atoms with Gasteiger partial charge >= 0.3 is 0 Å². The Balaban J connectivity index is 2.27. The van der Waals surface area contributed by atoms with E-state index in [0.29, 0.717) is 12.0 Å². The molecule has 1 aliphatic carbocycles. The van der Waals surface area contributed by atoms with E-state index < -0.39 is 0 Å². The van der Waals surface area contributed by atoms with E-state index >= 15 is 0 Å². The Morgan fingerprint density at radius 1 is 1.27 bits per heavy atom. The highest BCUT2D eigenvalue weighted by Crippen LogP contribution is 2.51. The van der Waals surface area contributed by atoms with Gasteiger partial charge in [-0.15, -0.1) is 0 Å². The lowest BCUT2D eigenvalue weighted by molar-refractivity contribution is 0.0680. The van der Waals surface area contributed by atoms with Crippen LogP contribution in [0.4, 0.5) is 0 Å². The van der Waals surface area contributed by atoms with Crippen molar-refractivity contribution in [3.05, 3.63) is 0 Å². The lowest BCUT2D eigenvalue weighted by atomic mass is 9.90. The molecule has 3 heteroatoms. The van der Waals surface area contributed by atoms with Gasteiger partial charge in [-0.25, -0.2) is 0 Å². The van der Waals surface area contributed by atoms with Crippen LogP contribution >= 0.6 is 0 Å². The van der Waals surface area contributed by atoms with Gasteiger partial charge in [-0.1, -0.05) is 20.8 Å². The predicted molar refractivity (Wildman–Crippen MR) is 61.7 cm³/mol. The van der Waals surface area contributed by atoms with E-state index in [1.165, 1.54) is 12.8 Å². The molecular weight excluding hydrogens is 190 g/mol. The summed E-state index contributed by atoms with van der Waals surface area (Å²) < 4.78 is 0. The second kappa shape index (κ2) is 4.81. The van der Waals surface area contributed by atoms with Crippen molar-refractivity contribution in [1.29, 1.82) is 0 Å². The first-order chi connectivity index (χ1) is 6.98. The summed E-state index contributed by atoms with van der Waals surface area (Å²) in [6.07, 6.45) is 2.62. The van der Waals surface area contributed by atoms with Gasteiger partial charge in [0.2, 0.25) is 0 Å². The van der Waals surface area contributed by atoms with E-state index in [-0.39, 0.29) is 18.6 Å². The number of hydrogen-bond acceptors (Lipinski definition) is 3. The number of hydrogen-bond donors (Lipinski definition) is 3. The SMILES string of the molecule is CC(C)C1(CNCC(C)(CO)CO)CC1. The minimum Gasteiger partial charge on any atom is -0.396 e. The largest absolute Gasteiger partial charge is 0.396 e. The zero-order valence-corrected chi connectivity index (χ0v) is 10.2. The van der Waals surface area contributed by atoms with Crippen molar-refractivity contribution in [2.24, 2.45) is 16.7 Å². The molecule has 0 aliphatic heterocycles. The Bertz CT molecular complexity index is 194. The van der Waals surface area contributed by atoms with Crippen LogP contribution < -0.4 is 5.32 Å². The smallest absolute Gasteiger partial charge is 0.0518 e. The molecule has 90 valence electrons. The molecule has 0 aromatic rings. The van der Waals surface area contributed by atoms with Gasteiger partial charge in [-0.2, -0.15) is 0 Å². The van der Waals surface area contributed by atoms with Crippen LogP contribution in [-0.4, -0.2) is 36.5 Å². The van der Waals surface area contributed by atoms with E-state index in [1.807, 2.05) is 6.92 Å². The molecule has 1 fully saturated rings. The Morgan fingerprint density at radius 2 is 1.80 bits per heavy atom. The van der Waals surface area contributed by atoms with E-state index in [2.05, 4.69) is 19.2 Å². The summed E-state index contributed by atoms with van der Waals surface area (Å²) in [7, 11) is 0. The Labute approximate surface area is 92.9 Å². The first-order valence-corrected chi connectivity index (χ1v) is 5.90. The molecule has 0 spiro atoms. The lowest BCUT2D eigenvalue weighted by Gasteiger charge is -2.27. The Kier molecular flexibility index (Phi) is 4.15. The Hall–Kier alpha value is -0.120. The van der Waals surface area contributed by atoms with Crippen molar-refractivity contribution in [3.63, 3.8) is 0 Å². The summed E-state index contributed by atoms with van der Waals surface area (Å²) in [5, 5.41) is 21.7. The molecule has 1 aliphatic rings. The first-order valence-electron chi connectivity index (χ1n) is 5.90. The monoisotopic (exact) mass is 215 g/mol. The molecule has 1 saturated carbocycles. The van der Waals surface area contributed by atoms with Crippen molar-refractivity contribution in [3.8, 4) is 0 Å². The standard InChI is InChI=1S/C12H25NO2/c1-10(2)12(4-5-12)7-13-6-11(3,8-14)9-15/h10,13-15H,4-9H2,1-3H3. The van der Waals surface area contributed by atoms with Crippen LogP contribution in [0.1, 0.15) is 33.6 Å². The molecule has 0 aromatic carbocycles. The average Bonchev–Trinajstić information content (AvgIpc) is 2.99. The maximum atomic E-state index is 9.14. The molecular formula is C12H25NO2. The summed E-state index contributed by atoms with van der Waals surface area (Å²) in [6, 6.07) is 0. The molecule has 3 N–H and O–H groups in total. The Morgan fingerprint density at radius 3 is 2.13 bits per heavy atom.